The van der Waals surface area contributed by atoms with Crippen LogP contribution in [0.4, 0.5) is 5.69 Å². The second-order valence-corrected chi connectivity index (χ2v) is 10.0. The lowest BCUT2D eigenvalue weighted by Crippen LogP contribution is -2.32. The zero-order valence-electron chi connectivity index (χ0n) is 19.0. The molecule has 2 aromatic rings. The topological polar surface area (TPSA) is 84.9 Å². The van der Waals surface area contributed by atoms with Gasteiger partial charge in [0.2, 0.25) is 15.9 Å². The molecule has 1 N–H and O–H groups in total. The fourth-order valence-corrected chi connectivity index (χ4v) is 5.20. The van der Waals surface area contributed by atoms with Gasteiger partial charge in [0.25, 0.3) is 0 Å². The maximum absolute atomic E-state index is 13.1. The SMILES string of the molecule is COc1ccc(S(=O)(=O)N2CCCCCC2)cc1NC(=O)CCOc1ccc(C)c(C)c1. The summed E-state index contributed by atoms with van der Waals surface area (Å²) in [6, 6.07) is 10.4. The van der Waals surface area contributed by atoms with Crippen LogP contribution in [-0.4, -0.2) is 45.4 Å². The maximum Gasteiger partial charge on any atom is 0.243 e. The van der Waals surface area contributed by atoms with E-state index in [1.807, 2.05) is 32.0 Å². The molecule has 7 nitrogen and oxygen atoms in total. The van der Waals surface area contributed by atoms with E-state index in [1.165, 1.54) is 29.1 Å². The molecule has 32 heavy (non-hydrogen) atoms. The van der Waals surface area contributed by atoms with Crippen LogP contribution < -0.4 is 14.8 Å². The number of nitrogens with one attached hydrogen (secondary N) is 1. The van der Waals surface area contributed by atoms with E-state index >= 15 is 0 Å². The third kappa shape index (κ3) is 6.01. The number of methoxy groups -OCH3 is 1. The van der Waals surface area contributed by atoms with Gasteiger partial charge in [-0.2, -0.15) is 4.31 Å². The summed E-state index contributed by atoms with van der Waals surface area (Å²) < 4.78 is 38.8. The summed E-state index contributed by atoms with van der Waals surface area (Å²) in [5.41, 5.74) is 2.64. The Balaban J connectivity index is 1.67. The molecule has 2 aromatic carbocycles. The van der Waals surface area contributed by atoms with E-state index in [-0.39, 0.29) is 23.8 Å². The standard InChI is InChI=1S/C24H32N2O5S/c1-18-8-9-20(16-19(18)2)31-15-12-24(27)25-22-17-21(10-11-23(22)30-3)32(28,29)26-13-6-4-5-7-14-26/h8-11,16-17H,4-7,12-15H2,1-3H3,(H,25,27). The molecule has 8 heteroatoms. The molecule has 0 unspecified atom stereocenters. The molecule has 1 saturated heterocycles. The van der Waals surface area contributed by atoms with E-state index in [9.17, 15) is 13.2 Å². The van der Waals surface area contributed by atoms with Crippen molar-refractivity contribution in [1.82, 2.24) is 4.31 Å². The van der Waals surface area contributed by atoms with Gasteiger partial charge in [-0.3, -0.25) is 4.79 Å². The van der Waals surface area contributed by atoms with Crippen molar-refractivity contribution in [2.24, 2.45) is 0 Å². The van der Waals surface area contributed by atoms with E-state index in [2.05, 4.69) is 5.32 Å². The number of hydrogen-bond acceptors (Lipinski definition) is 5. The van der Waals surface area contributed by atoms with Crippen LogP contribution in [0, 0.1) is 13.8 Å². The third-order valence-corrected chi connectivity index (χ3v) is 7.62. The highest BCUT2D eigenvalue weighted by Crippen LogP contribution is 2.30. The van der Waals surface area contributed by atoms with E-state index in [1.54, 1.807) is 6.07 Å². The highest BCUT2D eigenvalue weighted by molar-refractivity contribution is 7.89. The summed E-state index contributed by atoms with van der Waals surface area (Å²) in [6.45, 7) is 5.29. The van der Waals surface area contributed by atoms with Gasteiger partial charge in [-0.05, 0) is 68.1 Å². The first-order chi connectivity index (χ1) is 15.3. The Morgan fingerprint density at radius 3 is 2.38 bits per heavy atom. The summed E-state index contributed by atoms with van der Waals surface area (Å²) >= 11 is 0. The van der Waals surface area contributed by atoms with Gasteiger partial charge in [-0.25, -0.2) is 8.42 Å². The lowest BCUT2D eigenvalue weighted by molar-refractivity contribution is -0.116. The molecule has 0 saturated carbocycles. The number of rotatable bonds is 8. The van der Waals surface area contributed by atoms with E-state index < -0.39 is 10.0 Å². The Morgan fingerprint density at radius 2 is 1.72 bits per heavy atom. The van der Waals surface area contributed by atoms with Gasteiger partial charge < -0.3 is 14.8 Å². The number of carbonyl (C=O) groups excluding carboxylic acids is 1. The molecule has 0 aliphatic carbocycles. The van der Waals surface area contributed by atoms with Crippen LogP contribution in [0.3, 0.4) is 0 Å². The lowest BCUT2D eigenvalue weighted by Gasteiger charge is -2.21. The average molecular weight is 461 g/mol. The van der Waals surface area contributed by atoms with Crippen LogP contribution >= 0.6 is 0 Å². The Morgan fingerprint density at radius 1 is 1.00 bits per heavy atom. The first-order valence-electron chi connectivity index (χ1n) is 11.0. The molecule has 1 fully saturated rings. The number of sulfonamides is 1. The summed E-state index contributed by atoms with van der Waals surface area (Å²) in [5, 5.41) is 2.77. The van der Waals surface area contributed by atoms with Crippen LogP contribution in [-0.2, 0) is 14.8 Å². The van der Waals surface area contributed by atoms with E-state index in [0.29, 0.717) is 30.3 Å². The molecule has 1 aliphatic heterocycles. The molecule has 174 valence electrons. The smallest absolute Gasteiger partial charge is 0.243 e. The van der Waals surface area contributed by atoms with Crippen molar-refractivity contribution < 1.29 is 22.7 Å². The van der Waals surface area contributed by atoms with Crippen LogP contribution in [0.2, 0.25) is 0 Å². The molecule has 0 spiro atoms. The predicted molar refractivity (Wildman–Crippen MR) is 125 cm³/mol. The number of aryl methyl sites for hydroxylation is 2. The van der Waals surface area contributed by atoms with Gasteiger partial charge in [-0.1, -0.05) is 18.9 Å². The number of anilines is 1. The lowest BCUT2D eigenvalue weighted by atomic mass is 10.1. The van der Waals surface area contributed by atoms with Crippen molar-refractivity contribution in [1.29, 1.82) is 0 Å². The fourth-order valence-electron chi connectivity index (χ4n) is 3.65. The molecule has 1 heterocycles. The van der Waals surface area contributed by atoms with Gasteiger partial charge in [-0.15, -0.1) is 0 Å². The Kier molecular flexibility index (Phi) is 8.15. The molecule has 1 amide bonds. The second kappa shape index (κ2) is 10.8. The van der Waals surface area contributed by atoms with Crippen molar-refractivity contribution in [2.75, 3.05) is 32.1 Å². The molecule has 0 atom stereocenters. The van der Waals surface area contributed by atoms with E-state index in [4.69, 9.17) is 9.47 Å². The zero-order valence-corrected chi connectivity index (χ0v) is 19.8. The number of benzene rings is 2. The number of nitrogens with zero attached hydrogens (tertiary/aromatic N) is 1. The summed E-state index contributed by atoms with van der Waals surface area (Å²) in [6.07, 6.45) is 3.93. The average Bonchev–Trinajstić information content (AvgIpc) is 3.06. The number of ether oxygens (including phenoxy) is 2. The molecule has 0 aromatic heterocycles. The summed E-state index contributed by atoms with van der Waals surface area (Å²) in [4.78, 5) is 12.6. The van der Waals surface area contributed by atoms with Crippen LogP contribution in [0.15, 0.2) is 41.3 Å². The number of carbonyl (C=O) groups is 1. The zero-order chi connectivity index (χ0) is 23.1. The van der Waals surface area contributed by atoms with Gasteiger partial charge in [0.05, 0.1) is 30.7 Å². The van der Waals surface area contributed by atoms with Crippen molar-refractivity contribution in [3.05, 3.63) is 47.5 Å². The van der Waals surface area contributed by atoms with Crippen molar-refractivity contribution >= 4 is 21.6 Å². The maximum atomic E-state index is 13.1. The third-order valence-electron chi connectivity index (χ3n) is 5.72. The quantitative estimate of drug-likeness (QED) is 0.635. The van der Waals surface area contributed by atoms with Crippen LogP contribution in [0.5, 0.6) is 11.5 Å². The first-order valence-corrected chi connectivity index (χ1v) is 12.4. The number of hydrogen-bond donors (Lipinski definition) is 1. The van der Waals surface area contributed by atoms with E-state index in [0.717, 1.165) is 31.2 Å². The van der Waals surface area contributed by atoms with Crippen LogP contribution in [0.25, 0.3) is 0 Å². The van der Waals surface area contributed by atoms with Crippen molar-refractivity contribution in [3.8, 4) is 11.5 Å². The summed E-state index contributed by atoms with van der Waals surface area (Å²) in [5.74, 6) is 0.837. The highest BCUT2D eigenvalue weighted by atomic mass is 32.2. The minimum absolute atomic E-state index is 0.124. The molecule has 0 bridgehead atoms. The van der Waals surface area contributed by atoms with Gasteiger partial charge >= 0.3 is 0 Å². The van der Waals surface area contributed by atoms with Crippen molar-refractivity contribution in [3.63, 3.8) is 0 Å². The minimum atomic E-state index is -3.63. The van der Waals surface area contributed by atoms with Crippen LogP contribution in [0.1, 0.15) is 43.2 Å². The second-order valence-electron chi connectivity index (χ2n) is 8.07. The molecule has 3 rings (SSSR count). The summed E-state index contributed by atoms with van der Waals surface area (Å²) in [7, 11) is -2.14. The largest absolute Gasteiger partial charge is 0.495 e. The Hall–Kier alpha value is -2.58. The number of amides is 1. The Labute approximate surface area is 190 Å². The Bertz CT molecular complexity index is 1040. The van der Waals surface area contributed by atoms with Crippen molar-refractivity contribution in [2.45, 2.75) is 50.8 Å². The predicted octanol–water partition coefficient (Wildman–Crippen LogP) is 4.28. The normalized spacial score (nSPS) is 15.1. The minimum Gasteiger partial charge on any atom is -0.495 e. The molecule has 1 aliphatic rings. The monoisotopic (exact) mass is 460 g/mol. The molecular formula is C24H32N2O5S. The van der Waals surface area contributed by atoms with Gasteiger partial charge in [0.15, 0.2) is 0 Å². The highest BCUT2D eigenvalue weighted by Gasteiger charge is 2.26. The fraction of sp³-hybridized carbons (Fsp3) is 0.458. The molecular weight excluding hydrogens is 428 g/mol. The van der Waals surface area contributed by atoms with Gasteiger partial charge in [0, 0.05) is 13.1 Å². The first kappa shape index (κ1) is 24.1. The van der Waals surface area contributed by atoms with Gasteiger partial charge in [0.1, 0.15) is 11.5 Å². The molecule has 0 radical (unpaired) electrons.